The molecule has 2 saturated carbocycles. The lowest BCUT2D eigenvalue weighted by Gasteiger charge is -2.39. The Labute approximate surface area is 522 Å². The van der Waals surface area contributed by atoms with Crippen LogP contribution in [-0.4, -0.2) is 0 Å². The van der Waals surface area contributed by atoms with E-state index in [2.05, 4.69) is 27.7 Å². The summed E-state index contributed by atoms with van der Waals surface area (Å²) in [6.45, 7) is 10.3. The average Bonchev–Trinajstić information content (AvgIpc) is 3.48. The Morgan fingerprint density at radius 1 is 0.232 bits per heavy atom. The van der Waals surface area contributed by atoms with Crippen molar-refractivity contribution in [1.82, 2.24) is 0 Å². The van der Waals surface area contributed by atoms with Gasteiger partial charge in [0, 0.05) is 0 Å². The smallest absolute Gasteiger partial charge is 0.0298 e. The third kappa shape index (κ3) is 53.1. The highest BCUT2D eigenvalue weighted by atomic mass is 14.4. The molecule has 490 valence electrons. The number of unbranched alkanes of at least 4 members (excludes halogenated alkanes) is 41. The summed E-state index contributed by atoms with van der Waals surface area (Å²) in [4.78, 5) is 0. The number of hydrogen-bond acceptors (Lipinski definition) is 0. The lowest BCUT2D eigenvalue weighted by molar-refractivity contribution is 0.118. The van der Waals surface area contributed by atoms with Gasteiger partial charge < -0.3 is 0 Å². The predicted octanol–water partition coefficient (Wildman–Crippen LogP) is 31.0. The Bertz CT molecular complexity index is 1180. The molecule has 0 nitrogen and oxygen atoms in total. The molecule has 2 rings (SSSR count). The van der Waals surface area contributed by atoms with Crippen LogP contribution >= 0.6 is 0 Å². The molecule has 0 radical (unpaired) electrons. The van der Waals surface area contributed by atoms with E-state index >= 15 is 0 Å². The first-order chi connectivity index (χ1) is 40.5. The van der Waals surface area contributed by atoms with Crippen LogP contribution in [0.25, 0.3) is 0 Å². The third-order valence-electron chi connectivity index (χ3n) is 22.2. The van der Waals surface area contributed by atoms with Gasteiger partial charge >= 0.3 is 0 Å². The normalized spacial score (nSPS) is 22.8. The summed E-state index contributed by atoms with van der Waals surface area (Å²) in [5, 5.41) is 0. The Morgan fingerprint density at radius 3 is 0.756 bits per heavy atom. The van der Waals surface area contributed by atoms with Crippen molar-refractivity contribution in [1.29, 1.82) is 0 Å². The minimum absolute atomic E-state index is 0.578. The van der Waals surface area contributed by atoms with Crippen molar-refractivity contribution in [2.24, 2.45) is 29.1 Å². The fourth-order valence-electron chi connectivity index (χ4n) is 16.2. The molecule has 2 bridgehead atoms. The van der Waals surface area contributed by atoms with Crippen LogP contribution in [0.1, 0.15) is 496 Å². The lowest BCUT2D eigenvalue weighted by atomic mass is 9.66. The molecule has 5 atom stereocenters. The summed E-state index contributed by atoms with van der Waals surface area (Å²) < 4.78 is 0. The van der Waals surface area contributed by atoms with E-state index in [0.29, 0.717) is 5.41 Å². The topological polar surface area (TPSA) is 0 Å². The maximum Gasteiger partial charge on any atom is -0.0298 e. The molecule has 0 aromatic heterocycles. The first-order valence-electron chi connectivity index (χ1n) is 40.5. The highest BCUT2D eigenvalue weighted by Crippen LogP contribution is 2.44. The van der Waals surface area contributed by atoms with Crippen molar-refractivity contribution in [2.45, 2.75) is 496 Å². The van der Waals surface area contributed by atoms with Crippen LogP contribution in [-0.2, 0) is 0 Å². The lowest BCUT2D eigenvalue weighted by Crippen LogP contribution is -2.28. The number of hydrogen-bond donors (Lipinski definition) is 0. The van der Waals surface area contributed by atoms with E-state index < -0.39 is 0 Å². The molecular weight excluding hydrogens is 985 g/mol. The Morgan fingerprint density at radius 2 is 0.451 bits per heavy atom. The van der Waals surface area contributed by atoms with Gasteiger partial charge in [0.15, 0.2) is 0 Å². The zero-order chi connectivity index (χ0) is 58.4. The van der Waals surface area contributed by atoms with Crippen LogP contribution in [0.4, 0.5) is 0 Å². The quantitative estimate of drug-likeness (QED) is 0.0534. The molecule has 82 heavy (non-hydrogen) atoms. The van der Waals surface area contributed by atoms with E-state index in [4.69, 9.17) is 0 Å². The highest BCUT2D eigenvalue weighted by Gasteiger charge is 2.32. The zero-order valence-corrected chi connectivity index (χ0v) is 58.4. The molecular formula is C82H162. The van der Waals surface area contributed by atoms with Gasteiger partial charge in [0.2, 0.25) is 0 Å². The molecule has 0 heterocycles. The standard InChI is InChI=1S/C82H162/c1-5-6-7-8-9-10-11-12-13-14-15-16-17-18-19-20-21-22-23-24-25-26-27-28-29-30-31-32-33-34-35-36-37-38-39-40-41-42-43-44-54-64-73-81-74-65-55-46-45-52-60-70-79(3)77-80-71-62-53-48-50-57-67-76-82(81,4)75-66-56-49-47-51-59-68-78(2)69-61-58-63-72-80/h78-81H,5-77H2,1-4H3. The Balaban J connectivity index is 1.47. The van der Waals surface area contributed by atoms with Gasteiger partial charge in [0.05, 0.1) is 0 Å². The van der Waals surface area contributed by atoms with Gasteiger partial charge in [-0.05, 0) is 61.2 Å². The summed E-state index contributed by atoms with van der Waals surface area (Å²) in [5.74, 6) is 3.87. The van der Waals surface area contributed by atoms with Gasteiger partial charge in [-0.15, -0.1) is 0 Å². The van der Waals surface area contributed by atoms with E-state index in [9.17, 15) is 0 Å². The molecule has 5 unspecified atom stereocenters. The van der Waals surface area contributed by atoms with Crippen LogP contribution < -0.4 is 0 Å². The molecule has 0 amide bonds. The highest BCUT2D eigenvalue weighted by molar-refractivity contribution is 4.84. The molecule has 0 saturated heterocycles. The third-order valence-corrected chi connectivity index (χ3v) is 22.2. The second-order valence-electron chi connectivity index (χ2n) is 30.6. The van der Waals surface area contributed by atoms with Crippen molar-refractivity contribution >= 4 is 0 Å². The fraction of sp³-hybridized carbons (Fsp3) is 1.00. The van der Waals surface area contributed by atoms with E-state index in [1.165, 1.54) is 469 Å². The Hall–Kier alpha value is 0. The SMILES string of the molecule is CCCCCCCCCCCCCCCCCCCCCCCCCCCCCCCCCCCCCCCCCCCCC1CCCCCCCCC(C)CC2CCCCCCCCC1(C)CCCCCCCCC(C)CCCCC2. The molecule has 2 aliphatic carbocycles. The van der Waals surface area contributed by atoms with Crippen LogP contribution in [0.3, 0.4) is 0 Å². The average molecular weight is 1150 g/mol. The second kappa shape index (κ2) is 62.6. The summed E-state index contributed by atoms with van der Waals surface area (Å²) in [7, 11) is 0. The van der Waals surface area contributed by atoms with Crippen molar-refractivity contribution in [3.63, 3.8) is 0 Å². The van der Waals surface area contributed by atoms with Gasteiger partial charge in [-0.2, -0.15) is 0 Å². The molecule has 0 aliphatic heterocycles. The molecule has 2 aliphatic rings. The molecule has 0 spiro atoms. The minimum Gasteiger partial charge on any atom is -0.0654 e. The van der Waals surface area contributed by atoms with E-state index in [0.717, 1.165) is 23.7 Å². The van der Waals surface area contributed by atoms with Crippen LogP contribution in [0.5, 0.6) is 0 Å². The van der Waals surface area contributed by atoms with Gasteiger partial charge in [0.25, 0.3) is 0 Å². The predicted molar refractivity (Wildman–Crippen MR) is 376 cm³/mol. The van der Waals surface area contributed by atoms with Crippen LogP contribution in [0.15, 0.2) is 0 Å². The van der Waals surface area contributed by atoms with Gasteiger partial charge in [0.1, 0.15) is 0 Å². The molecule has 0 aromatic carbocycles. The largest absolute Gasteiger partial charge is 0.0654 e. The van der Waals surface area contributed by atoms with E-state index in [1.807, 2.05) is 0 Å². The zero-order valence-electron chi connectivity index (χ0n) is 58.4. The van der Waals surface area contributed by atoms with Crippen molar-refractivity contribution in [3.05, 3.63) is 0 Å². The van der Waals surface area contributed by atoms with E-state index in [-0.39, 0.29) is 0 Å². The van der Waals surface area contributed by atoms with Crippen LogP contribution in [0, 0.1) is 29.1 Å². The molecule has 0 aromatic rings. The summed E-state index contributed by atoms with van der Waals surface area (Å²) >= 11 is 0. The Kier molecular flexibility index (Phi) is 59.6. The molecule has 0 heteroatoms. The van der Waals surface area contributed by atoms with Gasteiger partial charge in [-0.25, -0.2) is 0 Å². The summed E-state index contributed by atoms with van der Waals surface area (Å²) in [6, 6.07) is 0. The van der Waals surface area contributed by atoms with Crippen molar-refractivity contribution in [3.8, 4) is 0 Å². The second-order valence-corrected chi connectivity index (χ2v) is 30.6. The fourth-order valence-corrected chi connectivity index (χ4v) is 16.2. The maximum absolute atomic E-state index is 2.83. The van der Waals surface area contributed by atoms with Crippen molar-refractivity contribution < 1.29 is 0 Å². The molecule has 2 fully saturated rings. The van der Waals surface area contributed by atoms with Crippen LogP contribution in [0.2, 0.25) is 0 Å². The molecule has 0 N–H and O–H groups in total. The summed E-state index contributed by atoms with van der Waals surface area (Å²) in [5.41, 5.74) is 0.578. The number of fused-ring (bicyclic) bond motifs is 9. The van der Waals surface area contributed by atoms with Crippen molar-refractivity contribution in [2.75, 3.05) is 0 Å². The monoisotopic (exact) mass is 1150 g/mol. The number of rotatable bonds is 43. The van der Waals surface area contributed by atoms with Gasteiger partial charge in [-0.3, -0.25) is 0 Å². The van der Waals surface area contributed by atoms with Gasteiger partial charge in [-0.1, -0.05) is 464 Å². The first kappa shape index (κ1) is 78.1. The maximum atomic E-state index is 2.83. The first-order valence-corrected chi connectivity index (χ1v) is 40.5. The minimum atomic E-state index is 0.578. The summed E-state index contributed by atoms with van der Waals surface area (Å²) in [6.07, 6.45) is 109. The van der Waals surface area contributed by atoms with E-state index in [1.54, 1.807) is 0 Å².